The largest absolute Gasteiger partial charge is 0.497 e. The second-order valence-corrected chi connectivity index (χ2v) is 4.57. The molecule has 0 aliphatic heterocycles. The van der Waals surface area contributed by atoms with E-state index in [1.165, 1.54) is 5.56 Å². The fourth-order valence-electron chi connectivity index (χ4n) is 2.23. The fourth-order valence-corrected chi connectivity index (χ4v) is 2.23. The van der Waals surface area contributed by atoms with Crippen LogP contribution < -0.4 is 10.5 Å². The lowest BCUT2D eigenvalue weighted by atomic mass is 10.1. The van der Waals surface area contributed by atoms with E-state index in [0.29, 0.717) is 5.95 Å². The number of anilines is 1. The van der Waals surface area contributed by atoms with Crippen LogP contribution in [0.5, 0.6) is 5.75 Å². The van der Waals surface area contributed by atoms with Gasteiger partial charge in [0.1, 0.15) is 11.3 Å². The van der Waals surface area contributed by atoms with Crippen LogP contribution in [0.2, 0.25) is 0 Å². The Kier molecular flexibility index (Phi) is 3.25. The number of methoxy groups -OCH3 is 1. The third kappa shape index (κ3) is 2.30. The Hall–Kier alpha value is -2.56. The number of pyridine rings is 1. The number of imidazole rings is 1. The maximum atomic E-state index is 5.95. The van der Waals surface area contributed by atoms with E-state index in [2.05, 4.69) is 22.1 Å². The molecule has 0 saturated carbocycles. The predicted octanol–water partition coefficient (Wildman–Crippen LogP) is 2.26. The van der Waals surface area contributed by atoms with Gasteiger partial charge in [-0.25, -0.2) is 9.97 Å². The number of benzene rings is 1. The first kappa shape index (κ1) is 12.5. The summed E-state index contributed by atoms with van der Waals surface area (Å²) in [5.41, 5.74) is 8.84. The first-order valence-electron chi connectivity index (χ1n) is 6.47. The van der Waals surface area contributed by atoms with Crippen molar-refractivity contribution in [2.24, 2.45) is 0 Å². The number of hydrogen-bond acceptors (Lipinski definition) is 4. The van der Waals surface area contributed by atoms with Gasteiger partial charge in [-0.3, -0.25) is 4.57 Å². The average Bonchev–Trinajstić information content (AvgIpc) is 2.81. The van der Waals surface area contributed by atoms with Crippen LogP contribution in [0.4, 0.5) is 5.95 Å². The molecule has 0 atom stereocenters. The SMILES string of the molecule is COc1ccc(CCn2c(N)nc3cccnc32)cc1. The van der Waals surface area contributed by atoms with Crippen molar-refractivity contribution >= 4 is 17.1 Å². The molecule has 3 aromatic rings. The number of nitrogen functional groups attached to an aromatic ring is 1. The Morgan fingerprint density at radius 2 is 2.00 bits per heavy atom. The standard InChI is InChI=1S/C15H16N4O/c1-20-12-6-4-11(5-7-12)8-10-19-14-13(18-15(19)16)3-2-9-17-14/h2-7,9H,8,10H2,1H3,(H2,16,18). The molecule has 3 rings (SSSR count). The Morgan fingerprint density at radius 1 is 1.20 bits per heavy atom. The number of nitrogens with two attached hydrogens (primary N) is 1. The molecule has 5 nitrogen and oxygen atoms in total. The van der Waals surface area contributed by atoms with Gasteiger partial charge >= 0.3 is 0 Å². The van der Waals surface area contributed by atoms with Gasteiger partial charge in [-0.2, -0.15) is 0 Å². The Labute approximate surface area is 117 Å². The molecular weight excluding hydrogens is 252 g/mol. The summed E-state index contributed by atoms with van der Waals surface area (Å²) in [6, 6.07) is 11.8. The molecule has 20 heavy (non-hydrogen) atoms. The highest BCUT2D eigenvalue weighted by Gasteiger charge is 2.08. The minimum absolute atomic E-state index is 0.507. The first-order valence-corrected chi connectivity index (χ1v) is 6.47. The van der Waals surface area contributed by atoms with Crippen LogP contribution in [0.25, 0.3) is 11.2 Å². The van der Waals surface area contributed by atoms with Crippen LogP contribution in [-0.2, 0) is 13.0 Å². The molecular formula is C15H16N4O. The summed E-state index contributed by atoms with van der Waals surface area (Å²) in [4.78, 5) is 8.65. The van der Waals surface area contributed by atoms with E-state index in [4.69, 9.17) is 10.5 Å². The van der Waals surface area contributed by atoms with Crippen molar-refractivity contribution in [2.45, 2.75) is 13.0 Å². The zero-order chi connectivity index (χ0) is 13.9. The van der Waals surface area contributed by atoms with Crippen LogP contribution >= 0.6 is 0 Å². The molecule has 2 N–H and O–H groups in total. The van der Waals surface area contributed by atoms with Crippen LogP contribution in [0.1, 0.15) is 5.56 Å². The molecule has 0 aliphatic carbocycles. The summed E-state index contributed by atoms with van der Waals surface area (Å²) in [6.45, 7) is 0.756. The Morgan fingerprint density at radius 3 is 2.75 bits per heavy atom. The molecule has 0 unspecified atom stereocenters. The summed E-state index contributed by atoms with van der Waals surface area (Å²) in [5.74, 6) is 1.37. The molecule has 0 aliphatic rings. The third-order valence-corrected chi connectivity index (χ3v) is 3.32. The van der Waals surface area contributed by atoms with E-state index in [0.717, 1.165) is 29.9 Å². The van der Waals surface area contributed by atoms with Crippen molar-refractivity contribution in [1.29, 1.82) is 0 Å². The van der Waals surface area contributed by atoms with Crippen molar-refractivity contribution in [3.8, 4) is 5.75 Å². The smallest absolute Gasteiger partial charge is 0.202 e. The summed E-state index contributed by atoms with van der Waals surface area (Å²) in [5, 5.41) is 0. The van der Waals surface area contributed by atoms with Gasteiger partial charge < -0.3 is 10.5 Å². The first-order chi connectivity index (χ1) is 9.78. The van der Waals surface area contributed by atoms with Crippen molar-refractivity contribution in [3.05, 3.63) is 48.2 Å². The van der Waals surface area contributed by atoms with Gasteiger partial charge in [0.15, 0.2) is 5.65 Å². The monoisotopic (exact) mass is 268 g/mol. The molecule has 2 aromatic heterocycles. The molecule has 0 saturated heterocycles. The van der Waals surface area contributed by atoms with Gasteiger partial charge in [0, 0.05) is 12.7 Å². The van der Waals surface area contributed by atoms with E-state index in [9.17, 15) is 0 Å². The molecule has 1 aromatic carbocycles. The number of ether oxygens (including phenoxy) is 1. The fraction of sp³-hybridized carbons (Fsp3) is 0.200. The highest BCUT2D eigenvalue weighted by Crippen LogP contribution is 2.17. The van der Waals surface area contributed by atoms with E-state index in [1.54, 1.807) is 13.3 Å². The van der Waals surface area contributed by atoms with Crippen LogP contribution in [0.15, 0.2) is 42.6 Å². The zero-order valence-corrected chi connectivity index (χ0v) is 11.3. The van der Waals surface area contributed by atoms with Crippen molar-refractivity contribution < 1.29 is 4.74 Å². The minimum Gasteiger partial charge on any atom is -0.497 e. The van der Waals surface area contributed by atoms with Crippen LogP contribution in [0.3, 0.4) is 0 Å². The second-order valence-electron chi connectivity index (χ2n) is 4.57. The number of rotatable bonds is 4. The Bertz CT molecular complexity index is 718. The molecule has 0 radical (unpaired) electrons. The number of hydrogen-bond donors (Lipinski definition) is 1. The van der Waals surface area contributed by atoms with E-state index in [-0.39, 0.29) is 0 Å². The Balaban J connectivity index is 1.80. The lowest BCUT2D eigenvalue weighted by Crippen LogP contribution is -2.06. The highest BCUT2D eigenvalue weighted by molar-refractivity contribution is 5.73. The van der Waals surface area contributed by atoms with Gasteiger partial charge in [-0.1, -0.05) is 12.1 Å². The minimum atomic E-state index is 0.507. The normalized spacial score (nSPS) is 10.8. The molecule has 0 spiro atoms. The van der Waals surface area contributed by atoms with Gasteiger partial charge in [0.25, 0.3) is 0 Å². The second kappa shape index (κ2) is 5.21. The molecule has 0 fully saturated rings. The molecule has 2 heterocycles. The van der Waals surface area contributed by atoms with E-state index >= 15 is 0 Å². The summed E-state index contributed by atoms with van der Waals surface area (Å²) < 4.78 is 7.10. The average molecular weight is 268 g/mol. The summed E-state index contributed by atoms with van der Waals surface area (Å²) in [6.07, 6.45) is 2.63. The zero-order valence-electron chi connectivity index (χ0n) is 11.3. The molecule has 0 amide bonds. The van der Waals surface area contributed by atoms with E-state index in [1.807, 2.05) is 28.8 Å². The van der Waals surface area contributed by atoms with Crippen LogP contribution in [0, 0.1) is 0 Å². The lowest BCUT2D eigenvalue weighted by Gasteiger charge is -2.06. The third-order valence-electron chi connectivity index (χ3n) is 3.32. The van der Waals surface area contributed by atoms with Crippen LogP contribution in [-0.4, -0.2) is 21.6 Å². The molecule has 5 heteroatoms. The van der Waals surface area contributed by atoms with Gasteiger partial charge in [-0.05, 0) is 36.2 Å². The van der Waals surface area contributed by atoms with Gasteiger partial charge in [-0.15, -0.1) is 0 Å². The summed E-state index contributed by atoms with van der Waals surface area (Å²) in [7, 11) is 1.67. The maximum absolute atomic E-state index is 5.95. The number of aryl methyl sites for hydroxylation is 2. The highest BCUT2D eigenvalue weighted by atomic mass is 16.5. The van der Waals surface area contributed by atoms with Crippen molar-refractivity contribution in [3.63, 3.8) is 0 Å². The molecule has 102 valence electrons. The van der Waals surface area contributed by atoms with E-state index < -0.39 is 0 Å². The maximum Gasteiger partial charge on any atom is 0.202 e. The topological polar surface area (TPSA) is 66.0 Å². The predicted molar refractivity (Wildman–Crippen MR) is 78.6 cm³/mol. The van der Waals surface area contributed by atoms with Gasteiger partial charge in [0.2, 0.25) is 5.95 Å². The number of nitrogens with zero attached hydrogens (tertiary/aromatic N) is 3. The van der Waals surface area contributed by atoms with Crippen molar-refractivity contribution in [1.82, 2.24) is 14.5 Å². The lowest BCUT2D eigenvalue weighted by molar-refractivity contribution is 0.414. The van der Waals surface area contributed by atoms with Gasteiger partial charge in [0.05, 0.1) is 7.11 Å². The van der Waals surface area contributed by atoms with Crippen molar-refractivity contribution in [2.75, 3.05) is 12.8 Å². The number of aromatic nitrogens is 3. The summed E-state index contributed by atoms with van der Waals surface area (Å²) >= 11 is 0. The number of fused-ring (bicyclic) bond motifs is 1. The molecule has 0 bridgehead atoms. The quantitative estimate of drug-likeness (QED) is 0.788.